The van der Waals surface area contributed by atoms with Gasteiger partial charge in [0.1, 0.15) is 12.9 Å². The van der Waals surface area contributed by atoms with Crippen molar-refractivity contribution in [1.29, 1.82) is 0 Å². The summed E-state index contributed by atoms with van der Waals surface area (Å²) in [4.78, 5) is 4.60. The van der Waals surface area contributed by atoms with E-state index in [1.54, 1.807) is 6.33 Å². The molecule has 1 heterocycles. The molecule has 148 valence electrons. The van der Waals surface area contributed by atoms with E-state index in [0.717, 1.165) is 35.4 Å². The minimum absolute atomic E-state index is 0.0391. The van der Waals surface area contributed by atoms with Crippen LogP contribution in [0.3, 0.4) is 0 Å². The van der Waals surface area contributed by atoms with Gasteiger partial charge in [-0.1, -0.05) is 6.07 Å². The van der Waals surface area contributed by atoms with E-state index in [1.807, 2.05) is 50.6 Å². The van der Waals surface area contributed by atoms with Gasteiger partial charge in [0, 0.05) is 13.6 Å². The average Bonchev–Trinajstić information content (AvgIpc) is 3.06. The van der Waals surface area contributed by atoms with Crippen LogP contribution < -0.4 is 20.1 Å². The van der Waals surface area contributed by atoms with Crippen molar-refractivity contribution >= 4 is 5.96 Å². The highest BCUT2D eigenvalue weighted by Gasteiger charge is 2.12. The molecule has 2 N–H and O–H groups in total. The summed E-state index contributed by atoms with van der Waals surface area (Å²) >= 11 is 0. The quantitative estimate of drug-likeness (QED) is 0.518. The Hall–Kier alpha value is -2.77. The van der Waals surface area contributed by atoms with Gasteiger partial charge in [-0.05, 0) is 45.4 Å². The normalized spacial score (nSPS) is 12.6. The molecule has 0 bridgehead atoms. The molecular weight excluding hydrogens is 344 g/mol. The third-order valence-electron chi connectivity index (χ3n) is 3.95. The summed E-state index contributed by atoms with van der Waals surface area (Å²) in [5, 5.41) is 14.6. The number of rotatable bonds is 9. The first-order chi connectivity index (χ1) is 13.1. The topological polar surface area (TPSA) is 85.6 Å². The van der Waals surface area contributed by atoms with Gasteiger partial charge >= 0.3 is 0 Å². The van der Waals surface area contributed by atoms with Crippen molar-refractivity contribution in [3.05, 3.63) is 35.9 Å². The summed E-state index contributed by atoms with van der Waals surface area (Å²) in [6.07, 6.45) is 1.67. The van der Waals surface area contributed by atoms with Gasteiger partial charge in [0.25, 0.3) is 0 Å². The Morgan fingerprint density at radius 1 is 1.19 bits per heavy atom. The Balaban J connectivity index is 2.13. The van der Waals surface area contributed by atoms with Gasteiger partial charge < -0.3 is 24.7 Å². The second-order valence-corrected chi connectivity index (χ2v) is 5.99. The number of hydrogen-bond acceptors (Lipinski definition) is 5. The van der Waals surface area contributed by atoms with Crippen LogP contribution in [0.5, 0.6) is 11.5 Å². The third-order valence-corrected chi connectivity index (χ3v) is 3.95. The smallest absolute Gasteiger partial charge is 0.192 e. The van der Waals surface area contributed by atoms with Gasteiger partial charge in [-0.3, -0.25) is 0 Å². The molecule has 1 aromatic carbocycles. The Kier molecular flexibility index (Phi) is 7.91. The lowest BCUT2D eigenvalue weighted by molar-refractivity contribution is 0.287. The molecule has 8 nitrogen and oxygen atoms in total. The van der Waals surface area contributed by atoms with E-state index < -0.39 is 0 Å². The second kappa shape index (κ2) is 10.4. The van der Waals surface area contributed by atoms with Crippen LogP contribution in [0.25, 0.3) is 0 Å². The fraction of sp³-hybridized carbons (Fsp3) is 0.526. The van der Waals surface area contributed by atoms with Gasteiger partial charge in [0.2, 0.25) is 0 Å². The van der Waals surface area contributed by atoms with Crippen molar-refractivity contribution in [3.8, 4) is 11.5 Å². The summed E-state index contributed by atoms with van der Waals surface area (Å²) < 4.78 is 13.2. The van der Waals surface area contributed by atoms with E-state index in [1.165, 1.54) is 0 Å². The van der Waals surface area contributed by atoms with Crippen LogP contribution in [0.4, 0.5) is 0 Å². The van der Waals surface area contributed by atoms with Crippen LogP contribution in [0, 0.1) is 0 Å². The Labute approximate surface area is 161 Å². The van der Waals surface area contributed by atoms with E-state index in [9.17, 15) is 0 Å². The van der Waals surface area contributed by atoms with Gasteiger partial charge in [-0.15, -0.1) is 10.2 Å². The molecule has 0 amide bonds. The minimum Gasteiger partial charge on any atom is -0.490 e. The number of nitrogens with zero attached hydrogens (tertiary/aromatic N) is 4. The molecule has 0 saturated carbocycles. The standard InChI is InChI=1S/C19H30N6O2/c1-6-20-19(21-12-18-24-22-13-25(18)5)23-14(4)15-9-10-16(26-7-2)17(11-15)27-8-3/h9-11,13-14H,6-8,12H2,1-5H3,(H2,20,21,23). The highest BCUT2D eigenvalue weighted by molar-refractivity contribution is 5.80. The highest BCUT2D eigenvalue weighted by atomic mass is 16.5. The van der Waals surface area contributed by atoms with E-state index in [4.69, 9.17) is 9.47 Å². The summed E-state index contributed by atoms with van der Waals surface area (Å²) in [5.41, 5.74) is 1.09. The molecule has 0 aliphatic carbocycles. The Bertz CT molecular complexity index is 744. The number of ether oxygens (including phenoxy) is 2. The van der Waals surface area contributed by atoms with E-state index in [-0.39, 0.29) is 6.04 Å². The molecule has 0 saturated heterocycles. The second-order valence-electron chi connectivity index (χ2n) is 5.99. The lowest BCUT2D eigenvalue weighted by Crippen LogP contribution is -2.38. The molecule has 0 aliphatic rings. The summed E-state index contributed by atoms with van der Waals surface area (Å²) in [6.45, 7) is 10.5. The first-order valence-corrected chi connectivity index (χ1v) is 9.36. The maximum absolute atomic E-state index is 5.73. The molecule has 0 radical (unpaired) electrons. The molecule has 27 heavy (non-hydrogen) atoms. The number of benzene rings is 1. The molecular formula is C19H30N6O2. The molecule has 8 heteroatoms. The van der Waals surface area contributed by atoms with Gasteiger partial charge in [0.05, 0.1) is 19.3 Å². The largest absolute Gasteiger partial charge is 0.490 e. The summed E-state index contributed by atoms with van der Waals surface area (Å²) in [6, 6.07) is 6.04. The van der Waals surface area contributed by atoms with Crippen molar-refractivity contribution in [3.63, 3.8) is 0 Å². The fourth-order valence-corrected chi connectivity index (χ4v) is 2.55. The monoisotopic (exact) mass is 374 g/mol. The highest BCUT2D eigenvalue weighted by Crippen LogP contribution is 2.30. The predicted molar refractivity (Wildman–Crippen MR) is 106 cm³/mol. The van der Waals surface area contributed by atoms with Crippen molar-refractivity contribution in [2.24, 2.45) is 12.0 Å². The number of hydrogen-bond donors (Lipinski definition) is 2. The van der Waals surface area contributed by atoms with Gasteiger partial charge in [-0.25, -0.2) is 4.99 Å². The van der Waals surface area contributed by atoms with Crippen LogP contribution in [0.2, 0.25) is 0 Å². The number of aryl methyl sites for hydroxylation is 1. The van der Waals surface area contributed by atoms with Gasteiger partial charge in [0.15, 0.2) is 23.3 Å². The molecule has 1 atom stereocenters. The molecule has 1 unspecified atom stereocenters. The zero-order valence-electron chi connectivity index (χ0n) is 16.8. The van der Waals surface area contributed by atoms with Crippen molar-refractivity contribution in [1.82, 2.24) is 25.4 Å². The maximum Gasteiger partial charge on any atom is 0.192 e. The minimum atomic E-state index is 0.0391. The fourth-order valence-electron chi connectivity index (χ4n) is 2.55. The zero-order valence-corrected chi connectivity index (χ0v) is 16.8. The van der Waals surface area contributed by atoms with E-state index in [2.05, 4.69) is 32.7 Å². The predicted octanol–water partition coefficient (Wildman–Crippen LogP) is 2.43. The van der Waals surface area contributed by atoms with Crippen molar-refractivity contribution in [2.75, 3.05) is 19.8 Å². The maximum atomic E-state index is 5.73. The molecule has 0 aliphatic heterocycles. The zero-order chi connectivity index (χ0) is 19.6. The SMILES string of the molecule is CCNC(=NCc1nncn1C)NC(C)c1ccc(OCC)c(OCC)c1. The molecule has 1 aromatic heterocycles. The van der Waals surface area contributed by atoms with Crippen LogP contribution in [0.1, 0.15) is 45.1 Å². The average molecular weight is 374 g/mol. The lowest BCUT2D eigenvalue weighted by atomic mass is 10.1. The molecule has 2 rings (SSSR count). The first kappa shape index (κ1) is 20.5. The van der Waals surface area contributed by atoms with Crippen LogP contribution >= 0.6 is 0 Å². The number of aromatic nitrogens is 3. The summed E-state index contributed by atoms with van der Waals surface area (Å²) in [5.74, 6) is 3.05. The van der Waals surface area contributed by atoms with Crippen LogP contribution in [-0.4, -0.2) is 40.5 Å². The third kappa shape index (κ3) is 5.87. The molecule has 2 aromatic rings. The number of nitrogens with one attached hydrogen (secondary N) is 2. The number of aliphatic imine (C=N–C) groups is 1. The van der Waals surface area contributed by atoms with E-state index in [0.29, 0.717) is 19.8 Å². The molecule has 0 fully saturated rings. The first-order valence-electron chi connectivity index (χ1n) is 9.36. The van der Waals surface area contributed by atoms with E-state index >= 15 is 0 Å². The lowest BCUT2D eigenvalue weighted by Gasteiger charge is -2.20. The van der Waals surface area contributed by atoms with Crippen molar-refractivity contribution in [2.45, 2.75) is 40.3 Å². The van der Waals surface area contributed by atoms with Crippen LogP contribution in [-0.2, 0) is 13.6 Å². The molecule has 0 spiro atoms. The Morgan fingerprint density at radius 3 is 2.56 bits per heavy atom. The Morgan fingerprint density at radius 2 is 1.93 bits per heavy atom. The van der Waals surface area contributed by atoms with Crippen LogP contribution in [0.15, 0.2) is 29.5 Å². The van der Waals surface area contributed by atoms with Crippen molar-refractivity contribution < 1.29 is 9.47 Å². The summed E-state index contributed by atoms with van der Waals surface area (Å²) in [7, 11) is 1.91. The number of guanidine groups is 1. The van der Waals surface area contributed by atoms with Gasteiger partial charge in [-0.2, -0.15) is 0 Å².